The number of carbonyl (C=O) groups is 2. The number of benzene rings is 1. The number of carbonyl (C=O) groups excluding carboxylic acids is 2. The first-order valence-corrected chi connectivity index (χ1v) is 9.08. The first-order valence-electron chi connectivity index (χ1n) is 8.29. The van der Waals surface area contributed by atoms with E-state index in [2.05, 4.69) is 26.2 Å². The molecule has 2 aromatic rings. The van der Waals surface area contributed by atoms with Gasteiger partial charge in [-0.05, 0) is 42.8 Å². The van der Waals surface area contributed by atoms with Crippen LogP contribution in [0.25, 0.3) is 0 Å². The van der Waals surface area contributed by atoms with E-state index in [0.29, 0.717) is 19.5 Å². The van der Waals surface area contributed by atoms with Crippen LogP contribution in [0.4, 0.5) is 5.69 Å². The van der Waals surface area contributed by atoms with E-state index in [1.54, 1.807) is 11.1 Å². The lowest BCUT2D eigenvalue weighted by Crippen LogP contribution is -2.34. The summed E-state index contributed by atoms with van der Waals surface area (Å²) in [5.41, 5.74) is 2.85. The van der Waals surface area contributed by atoms with Crippen LogP contribution in [-0.4, -0.2) is 29.9 Å². The Morgan fingerprint density at radius 1 is 1.36 bits per heavy atom. The lowest BCUT2D eigenvalue weighted by molar-refractivity contribution is -0.126. The zero-order valence-corrected chi connectivity index (χ0v) is 15.6. The monoisotopic (exact) mass is 401 g/mol. The van der Waals surface area contributed by atoms with E-state index in [4.69, 9.17) is 0 Å². The molecule has 1 saturated heterocycles. The second-order valence-electron chi connectivity index (χ2n) is 6.20. The first-order chi connectivity index (χ1) is 12.0. The SMILES string of the molecule is Cc1cc(N2CC(C(=O)NCCc3ccccn3)CC2=O)ccc1Br. The van der Waals surface area contributed by atoms with Gasteiger partial charge in [-0.25, -0.2) is 0 Å². The normalized spacial score (nSPS) is 17.0. The third kappa shape index (κ3) is 4.25. The zero-order chi connectivity index (χ0) is 17.8. The Labute approximate surface area is 155 Å². The number of anilines is 1. The number of nitrogens with one attached hydrogen (secondary N) is 1. The van der Waals surface area contributed by atoms with Crippen LogP contribution in [0.1, 0.15) is 17.7 Å². The van der Waals surface area contributed by atoms with Crippen LogP contribution in [0.2, 0.25) is 0 Å². The molecule has 0 bridgehead atoms. The highest BCUT2D eigenvalue weighted by Crippen LogP contribution is 2.28. The van der Waals surface area contributed by atoms with E-state index in [1.807, 2.05) is 43.3 Å². The summed E-state index contributed by atoms with van der Waals surface area (Å²) >= 11 is 3.46. The molecule has 130 valence electrons. The van der Waals surface area contributed by atoms with Gasteiger partial charge in [0.15, 0.2) is 0 Å². The van der Waals surface area contributed by atoms with E-state index >= 15 is 0 Å². The van der Waals surface area contributed by atoms with Crippen molar-refractivity contribution in [1.82, 2.24) is 10.3 Å². The van der Waals surface area contributed by atoms with Crippen molar-refractivity contribution in [3.63, 3.8) is 0 Å². The summed E-state index contributed by atoms with van der Waals surface area (Å²) in [4.78, 5) is 30.6. The molecule has 0 spiro atoms. The van der Waals surface area contributed by atoms with Gasteiger partial charge in [-0.3, -0.25) is 14.6 Å². The van der Waals surface area contributed by atoms with Crippen molar-refractivity contribution in [2.24, 2.45) is 5.92 Å². The van der Waals surface area contributed by atoms with Crippen LogP contribution in [0.15, 0.2) is 47.1 Å². The van der Waals surface area contributed by atoms with Crippen molar-refractivity contribution in [3.05, 3.63) is 58.3 Å². The van der Waals surface area contributed by atoms with Gasteiger partial charge in [0.05, 0.1) is 5.92 Å². The average molecular weight is 402 g/mol. The number of hydrogen-bond donors (Lipinski definition) is 1. The third-order valence-electron chi connectivity index (χ3n) is 4.36. The number of pyridine rings is 1. The molecule has 1 aromatic heterocycles. The minimum absolute atomic E-state index is 0.00778. The Hall–Kier alpha value is -2.21. The van der Waals surface area contributed by atoms with Crippen molar-refractivity contribution in [2.75, 3.05) is 18.0 Å². The van der Waals surface area contributed by atoms with Gasteiger partial charge in [0, 0.05) is 48.0 Å². The summed E-state index contributed by atoms with van der Waals surface area (Å²) in [5.74, 6) is -0.382. The lowest BCUT2D eigenvalue weighted by atomic mass is 10.1. The number of aryl methyl sites for hydroxylation is 1. The van der Waals surface area contributed by atoms with Crippen molar-refractivity contribution in [1.29, 1.82) is 0 Å². The van der Waals surface area contributed by atoms with Gasteiger partial charge >= 0.3 is 0 Å². The van der Waals surface area contributed by atoms with Crippen LogP contribution in [-0.2, 0) is 16.0 Å². The Bertz CT molecular complexity index is 779. The van der Waals surface area contributed by atoms with Gasteiger partial charge in [-0.2, -0.15) is 0 Å². The highest BCUT2D eigenvalue weighted by atomic mass is 79.9. The predicted octanol–water partition coefficient (Wildman–Crippen LogP) is 2.86. The van der Waals surface area contributed by atoms with E-state index in [9.17, 15) is 9.59 Å². The van der Waals surface area contributed by atoms with E-state index < -0.39 is 0 Å². The topological polar surface area (TPSA) is 62.3 Å². The molecule has 1 atom stereocenters. The molecule has 1 aliphatic heterocycles. The van der Waals surface area contributed by atoms with Gasteiger partial charge in [-0.1, -0.05) is 22.0 Å². The van der Waals surface area contributed by atoms with E-state index in [1.165, 1.54) is 0 Å². The fourth-order valence-electron chi connectivity index (χ4n) is 2.93. The van der Waals surface area contributed by atoms with Gasteiger partial charge in [-0.15, -0.1) is 0 Å². The van der Waals surface area contributed by atoms with Crippen LogP contribution in [0.3, 0.4) is 0 Å². The number of halogens is 1. The molecule has 0 radical (unpaired) electrons. The molecule has 1 N–H and O–H groups in total. The highest BCUT2D eigenvalue weighted by Gasteiger charge is 2.35. The van der Waals surface area contributed by atoms with Gasteiger partial charge < -0.3 is 10.2 Å². The maximum atomic E-state index is 12.4. The van der Waals surface area contributed by atoms with Crippen LogP contribution < -0.4 is 10.2 Å². The maximum absolute atomic E-state index is 12.4. The number of rotatable bonds is 5. The van der Waals surface area contributed by atoms with Crippen LogP contribution >= 0.6 is 15.9 Å². The Balaban J connectivity index is 1.56. The van der Waals surface area contributed by atoms with Crippen molar-refractivity contribution >= 4 is 33.4 Å². The summed E-state index contributed by atoms with van der Waals surface area (Å²) < 4.78 is 1.01. The highest BCUT2D eigenvalue weighted by molar-refractivity contribution is 9.10. The second-order valence-corrected chi connectivity index (χ2v) is 7.06. The molecule has 2 amide bonds. The van der Waals surface area contributed by atoms with Crippen molar-refractivity contribution < 1.29 is 9.59 Å². The predicted molar refractivity (Wildman–Crippen MR) is 100 cm³/mol. The minimum Gasteiger partial charge on any atom is -0.355 e. The van der Waals surface area contributed by atoms with E-state index in [-0.39, 0.29) is 24.2 Å². The standard InChI is InChI=1S/C19H20BrN3O2/c1-13-10-16(5-6-17(13)20)23-12-14(11-18(23)24)19(25)22-9-7-15-4-2-3-8-21-15/h2-6,8,10,14H,7,9,11-12H2,1H3,(H,22,25). The summed E-state index contributed by atoms with van der Waals surface area (Å²) in [6.07, 6.45) is 2.68. The zero-order valence-electron chi connectivity index (χ0n) is 14.0. The Morgan fingerprint density at radius 3 is 2.92 bits per heavy atom. The summed E-state index contributed by atoms with van der Waals surface area (Å²) in [7, 11) is 0. The summed E-state index contributed by atoms with van der Waals surface area (Å²) in [6, 6.07) is 11.5. The molecule has 0 aliphatic carbocycles. The molecule has 1 aliphatic rings. The Morgan fingerprint density at radius 2 is 2.20 bits per heavy atom. The molecule has 3 rings (SSSR count). The third-order valence-corrected chi connectivity index (χ3v) is 5.25. The van der Waals surface area contributed by atoms with E-state index in [0.717, 1.165) is 21.4 Å². The average Bonchev–Trinajstić information content (AvgIpc) is 3.00. The molecule has 1 unspecified atom stereocenters. The van der Waals surface area contributed by atoms with Crippen molar-refractivity contribution in [2.45, 2.75) is 19.8 Å². The lowest BCUT2D eigenvalue weighted by Gasteiger charge is -2.17. The molecule has 25 heavy (non-hydrogen) atoms. The summed E-state index contributed by atoms with van der Waals surface area (Å²) in [6.45, 7) is 2.93. The van der Waals surface area contributed by atoms with Crippen LogP contribution in [0, 0.1) is 12.8 Å². The summed E-state index contributed by atoms with van der Waals surface area (Å²) in [5, 5.41) is 2.92. The second kappa shape index (κ2) is 7.78. The fourth-order valence-corrected chi connectivity index (χ4v) is 3.18. The molecular weight excluding hydrogens is 382 g/mol. The molecule has 0 saturated carbocycles. The Kier molecular flexibility index (Phi) is 5.48. The minimum atomic E-state index is -0.305. The number of amides is 2. The maximum Gasteiger partial charge on any atom is 0.227 e. The molecule has 1 aromatic carbocycles. The molecule has 1 fully saturated rings. The number of nitrogens with zero attached hydrogens (tertiary/aromatic N) is 2. The molecule has 6 heteroatoms. The van der Waals surface area contributed by atoms with Gasteiger partial charge in [0.25, 0.3) is 0 Å². The first kappa shape index (κ1) is 17.6. The largest absolute Gasteiger partial charge is 0.355 e. The smallest absolute Gasteiger partial charge is 0.227 e. The molecular formula is C19H20BrN3O2. The fraction of sp³-hybridized carbons (Fsp3) is 0.316. The van der Waals surface area contributed by atoms with Crippen molar-refractivity contribution in [3.8, 4) is 0 Å². The quantitative estimate of drug-likeness (QED) is 0.837. The number of hydrogen-bond acceptors (Lipinski definition) is 3. The van der Waals surface area contributed by atoms with Crippen LogP contribution in [0.5, 0.6) is 0 Å². The molecule has 2 heterocycles. The van der Waals surface area contributed by atoms with Gasteiger partial charge in [0.2, 0.25) is 11.8 Å². The number of aromatic nitrogens is 1. The van der Waals surface area contributed by atoms with Gasteiger partial charge in [0.1, 0.15) is 0 Å². The molecule has 5 nitrogen and oxygen atoms in total.